The van der Waals surface area contributed by atoms with Crippen molar-refractivity contribution in [2.75, 3.05) is 0 Å². The predicted molar refractivity (Wildman–Crippen MR) is 87.0 cm³/mol. The molecule has 1 saturated carbocycles. The zero-order valence-electron chi connectivity index (χ0n) is 14.4. The Morgan fingerprint density at radius 3 is 2.24 bits per heavy atom. The zero-order valence-corrected chi connectivity index (χ0v) is 14.4. The summed E-state index contributed by atoms with van der Waals surface area (Å²) in [6.07, 6.45) is 5.80. The van der Waals surface area contributed by atoms with Gasteiger partial charge in [-0.2, -0.15) is 0 Å². The molecule has 2 fully saturated rings. The van der Waals surface area contributed by atoms with Crippen LogP contribution in [0, 0.1) is 5.92 Å². The fourth-order valence-corrected chi connectivity index (χ4v) is 4.55. The average molecular weight is 295 g/mol. The van der Waals surface area contributed by atoms with Crippen molar-refractivity contribution >= 4 is 5.91 Å². The second-order valence-electron chi connectivity index (χ2n) is 8.83. The first-order chi connectivity index (χ1) is 9.51. The number of hydrogen-bond acceptors (Lipinski definition) is 3. The summed E-state index contributed by atoms with van der Waals surface area (Å²) in [4.78, 5) is 12.7. The number of amides is 1. The highest BCUT2D eigenvalue weighted by Gasteiger charge is 2.42. The highest BCUT2D eigenvalue weighted by Crippen LogP contribution is 2.32. The van der Waals surface area contributed by atoms with Gasteiger partial charge in [0.15, 0.2) is 0 Å². The number of piperidine rings is 1. The van der Waals surface area contributed by atoms with Gasteiger partial charge in [0.05, 0.1) is 5.54 Å². The smallest absolute Gasteiger partial charge is 0.240 e. The summed E-state index contributed by atoms with van der Waals surface area (Å²) in [5, 5.41) is 6.91. The molecule has 1 aliphatic heterocycles. The Morgan fingerprint density at radius 1 is 1.14 bits per heavy atom. The molecule has 122 valence electrons. The minimum absolute atomic E-state index is 0.0430. The molecular weight excluding hydrogens is 262 g/mol. The Hall–Kier alpha value is -0.610. The van der Waals surface area contributed by atoms with Gasteiger partial charge in [0.25, 0.3) is 0 Å². The van der Waals surface area contributed by atoms with E-state index in [1.807, 2.05) is 0 Å². The molecule has 0 aromatic heterocycles. The predicted octanol–water partition coefficient (Wildman–Crippen LogP) is 2.32. The van der Waals surface area contributed by atoms with Crippen LogP contribution in [0.4, 0.5) is 0 Å². The Balaban J connectivity index is 2.02. The fourth-order valence-electron chi connectivity index (χ4n) is 4.55. The van der Waals surface area contributed by atoms with Crippen molar-refractivity contribution in [3.8, 4) is 0 Å². The summed E-state index contributed by atoms with van der Waals surface area (Å²) in [5.74, 6) is 0.614. The lowest BCUT2D eigenvalue weighted by Gasteiger charge is -2.47. The highest BCUT2D eigenvalue weighted by molar-refractivity contribution is 5.86. The molecule has 4 heteroatoms. The molecule has 1 amide bonds. The van der Waals surface area contributed by atoms with Crippen LogP contribution in [0.25, 0.3) is 0 Å². The van der Waals surface area contributed by atoms with E-state index in [4.69, 9.17) is 5.73 Å². The van der Waals surface area contributed by atoms with Crippen LogP contribution >= 0.6 is 0 Å². The minimum atomic E-state index is -0.656. The summed E-state index contributed by atoms with van der Waals surface area (Å²) in [7, 11) is 0. The maximum absolute atomic E-state index is 12.7. The Morgan fingerprint density at radius 2 is 1.71 bits per heavy atom. The van der Waals surface area contributed by atoms with Crippen molar-refractivity contribution < 1.29 is 4.79 Å². The molecule has 1 aliphatic carbocycles. The molecule has 0 radical (unpaired) electrons. The van der Waals surface area contributed by atoms with Gasteiger partial charge in [0, 0.05) is 17.1 Å². The van der Waals surface area contributed by atoms with E-state index >= 15 is 0 Å². The summed E-state index contributed by atoms with van der Waals surface area (Å²) in [6.45, 7) is 11.0. The van der Waals surface area contributed by atoms with Crippen LogP contribution in [-0.2, 0) is 4.79 Å². The SMILES string of the molecule is CC1CCCC(N)(C(=O)NC2CC(C)(C)NC(C)(C)C2)C1. The maximum Gasteiger partial charge on any atom is 0.240 e. The minimum Gasteiger partial charge on any atom is -0.352 e. The quantitative estimate of drug-likeness (QED) is 0.732. The Kier molecular flexibility index (Phi) is 4.42. The van der Waals surface area contributed by atoms with Crippen LogP contribution in [0.2, 0.25) is 0 Å². The van der Waals surface area contributed by atoms with Crippen LogP contribution in [-0.4, -0.2) is 28.6 Å². The molecule has 1 saturated heterocycles. The van der Waals surface area contributed by atoms with Crippen LogP contribution in [0.3, 0.4) is 0 Å². The second-order valence-corrected chi connectivity index (χ2v) is 8.83. The molecule has 0 bridgehead atoms. The van der Waals surface area contributed by atoms with Gasteiger partial charge in [0.2, 0.25) is 5.91 Å². The molecule has 4 N–H and O–H groups in total. The molecule has 0 spiro atoms. The van der Waals surface area contributed by atoms with Crippen LogP contribution in [0.1, 0.15) is 73.1 Å². The number of carbonyl (C=O) groups is 1. The van der Waals surface area contributed by atoms with E-state index in [2.05, 4.69) is 45.3 Å². The third-order valence-electron chi connectivity index (χ3n) is 5.01. The first kappa shape index (κ1) is 16.8. The Bertz CT molecular complexity index is 389. The molecule has 2 atom stereocenters. The van der Waals surface area contributed by atoms with Gasteiger partial charge in [-0.1, -0.05) is 19.8 Å². The van der Waals surface area contributed by atoms with Crippen molar-refractivity contribution in [2.24, 2.45) is 11.7 Å². The molecule has 2 aliphatic rings. The second kappa shape index (κ2) is 5.54. The van der Waals surface area contributed by atoms with E-state index < -0.39 is 5.54 Å². The van der Waals surface area contributed by atoms with E-state index in [-0.39, 0.29) is 23.0 Å². The monoisotopic (exact) mass is 295 g/mol. The van der Waals surface area contributed by atoms with Gasteiger partial charge in [-0.25, -0.2) is 0 Å². The summed E-state index contributed by atoms with van der Waals surface area (Å²) in [5.41, 5.74) is 5.85. The van der Waals surface area contributed by atoms with Crippen molar-refractivity contribution in [3.63, 3.8) is 0 Å². The van der Waals surface area contributed by atoms with E-state index in [1.165, 1.54) is 6.42 Å². The summed E-state index contributed by atoms with van der Waals surface area (Å²) in [6, 6.07) is 0.210. The first-order valence-electron chi connectivity index (χ1n) is 8.41. The lowest BCUT2D eigenvalue weighted by molar-refractivity contribution is -0.129. The van der Waals surface area contributed by atoms with E-state index in [1.54, 1.807) is 0 Å². The topological polar surface area (TPSA) is 67.2 Å². The van der Waals surface area contributed by atoms with Crippen molar-refractivity contribution in [1.29, 1.82) is 0 Å². The Labute approximate surface area is 129 Å². The number of rotatable bonds is 2. The molecule has 2 unspecified atom stereocenters. The average Bonchev–Trinajstić information content (AvgIpc) is 2.23. The van der Waals surface area contributed by atoms with Gasteiger partial charge in [-0.15, -0.1) is 0 Å². The van der Waals surface area contributed by atoms with Gasteiger partial charge >= 0.3 is 0 Å². The molecular formula is C17H33N3O. The third-order valence-corrected chi connectivity index (χ3v) is 5.01. The first-order valence-corrected chi connectivity index (χ1v) is 8.41. The van der Waals surface area contributed by atoms with E-state index in [9.17, 15) is 4.79 Å². The van der Waals surface area contributed by atoms with Crippen LogP contribution < -0.4 is 16.4 Å². The molecule has 0 aromatic carbocycles. The highest BCUT2D eigenvalue weighted by atomic mass is 16.2. The van der Waals surface area contributed by atoms with Crippen molar-refractivity contribution in [1.82, 2.24) is 10.6 Å². The van der Waals surface area contributed by atoms with Crippen LogP contribution in [0.5, 0.6) is 0 Å². The van der Waals surface area contributed by atoms with Crippen LogP contribution in [0.15, 0.2) is 0 Å². The van der Waals surface area contributed by atoms with Gasteiger partial charge < -0.3 is 16.4 Å². The lowest BCUT2D eigenvalue weighted by atomic mass is 9.75. The number of hydrogen-bond donors (Lipinski definition) is 3. The van der Waals surface area contributed by atoms with Gasteiger partial charge in [-0.3, -0.25) is 4.79 Å². The largest absolute Gasteiger partial charge is 0.352 e. The summed E-state index contributed by atoms with van der Waals surface area (Å²) < 4.78 is 0. The van der Waals surface area contributed by atoms with E-state index in [0.29, 0.717) is 5.92 Å². The summed E-state index contributed by atoms with van der Waals surface area (Å²) >= 11 is 0. The van der Waals surface area contributed by atoms with Gasteiger partial charge in [-0.05, 0) is 59.3 Å². The normalized spacial score (nSPS) is 36.2. The molecule has 1 heterocycles. The zero-order chi connectivity index (χ0) is 15.9. The standard InChI is InChI=1S/C17H33N3O/c1-12-7-6-8-17(18,9-12)14(21)19-13-10-15(2,3)20-16(4,5)11-13/h12-13,20H,6-11,18H2,1-5H3,(H,19,21). The fraction of sp³-hybridized carbons (Fsp3) is 0.941. The lowest BCUT2D eigenvalue weighted by Crippen LogP contribution is -2.65. The number of nitrogens with one attached hydrogen (secondary N) is 2. The molecule has 21 heavy (non-hydrogen) atoms. The van der Waals surface area contributed by atoms with Crippen molar-refractivity contribution in [2.45, 2.75) is 95.8 Å². The van der Waals surface area contributed by atoms with Gasteiger partial charge in [0.1, 0.15) is 0 Å². The number of nitrogens with two attached hydrogens (primary N) is 1. The third kappa shape index (κ3) is 4.19. The number of carbonyl (C=O) groups excluding carboxylic acids is 1. The maximum atomic E-state index is 12.7. The van der Waals surface area contributed by atoms with E-state index in [0.717, 1.165) is 32.1 Å². The molecule has 4 nitrogen and oxygen atoms in total. The molecule has 2 rings (SSSR count). The molecule has 0 aromatic rings. The van der Waals surface area contributed by atoms with Crippen molar-refractivity contribution in [3.05, 3.63) is 0 Å².